The number of rotatable bonds is 2. The molecule has 21 heavy (non-hydrogen) atoms. The summed E-state index contributed by atoms with van der Waals surface area (Å²) in [5, 5.41) is 3.88. The van der Waals surface area contributed by atoms with Crippen LogP contribution in [-0.2, 0) is 4.79 Å². The third-order valence-electron chi connectivity index (χ3n) is 2.67. The first-order valence-electron chi connectivity index (χ1n) is 6.16. The molecule has 3 rings (SSSR count). The molecule has 1 amide bonds. The number of aromatic nitrogens is 1. The number of nitrogens with one attached hydrogen (secondary N) is 1. The Morgan fingerprint density at radius 1 is 1.29 bits per heavy atom. The second kappa shape index (κ2) is 6.11. The predicted octanol–water partition coefficient (Wildman–Crippen LogP) is 3.63. The lowest BCUT2D eigenvalue weighted by Gasteiger charge is -1.96. The molecule has 0 aliphatic carbocycles. The average molecular weight is 316 g/mol. The summed E-state index contributed by atoms with van der Waals surface area (Å²) in [6.07, 6.45) is 5.18. The minimum Gasteiger partial charge on any atom is -0.300 e. The number of thioether (sulfide) groups is 1. The maximum atomic E-state index is 11.9. The SMILES string of the molecule is O=C1NC(=Nc2cccc(Cl)c2)S/C1=C\c1cccnc1. The Kier molecular flexibility index (Phi) is 4.03. The van der Waals surface area contributed by atoms with Gasteiger partial charge in [0.05, 0.1) is 10.6 Å². The van der Waals surface area contributed by atoms with Crippen LogP contribution in [0, 0.1) is 0 Å². The summed E-state index contributed by atoms with van der Waals surface area (Å²) in [6.45, 7) is 0. The fraction of sp³-hybridized carbons (Fsp3) is 0. The molecular formula is C15H10ClN3OS. The van der Waals surface area contributed by atoms with Crippen LogP contribution in [-0.4, -0.2) is 16.1 Å². The van der Waals surface area contributed by atoms with Gasteiger partial charge in [-0.2, -0.15) is 0 Å². The zero-order chi connectivity index (χ0) is 14.7. The zero-order valence-electron chi connectivity index (χ0n) is 10.8. The van der Waals surface area contributed by atoms with Crippen LogP contribution in [0.5, 0.6) is 0 Å². The Labute approximate surface area is 131 Å². The van der Waals surface area contributed by atoms with Crippen molar-refractivity contribution in [3.05, 3.63) is 64.3 Å². The number of amidine groups is 1. The van der Waals surface area contributed by atoms with E-state index in [1.807, 2.05) is 24.3 Å². The van der Waals surface area contributed by atoms with Gasteiger partial charge in [0.15, 0.2) is 5.17 Å². The fourth-order valence-corrected chi connectivity index (χ4v) is 2.78. The van der Waals surface area contributed by atoms with Gasteiger partial charge in [0.2, 0.25) is 0 Å². The van der Waals surface area contributed by atoms with Crippen LogP contribution in [0.4, 0.5) is 5.69 Å². The topological polar surface area (TPSA) is 54.4 Å². The largest absolute Gasteiger partial charge is 0.300 e. The van der Waals surface area contributed by atoms with E-state index in [0.29, 0.717) is 20.8 Å². The fourth-order valence-electron chi connectivity index (χ4n) is 1.76. The van der Waals surface area contributed by atoms with E-state index >= 15 is 0 Å². The van der Waals surface area contributed by atoms with Gasteiger partial charge in [0, 0.05) is 17.4 Å². The molecule has 1 aliphatic heterocycles. The number of benzene rings is 1. The average Bonchev–Trinajstić information content (AvgIpc) is 2.80. The number of nitrogens with zero attached hydrogens (tertiary/aromatic N) is 2. The number of hydrogen-bond donors (Lipinski definition) is 1. The van der Waals surface area contributed by atoms with Crippen LogP contribution >= 0.6 is 23.4 Å². The Morgan fingerprint density at radius 3 is 2.95 bits per heavy atom. The number of hydrogen-bond acceptors (Lipinski definition) is 4. The van der Waals surface area contributed by atoms with Crippen molar-refractivity contribution < 1.29 is 4.79 Å². The molecule has 0 spiro atoms. The van der Waals surface area contributed by atoms with Gasteiger partial charge in [0.1, 0.15) is 0 Å². The van der Waals surface area contributed by atoms with E-state index in [9.17, 15) is 4.79 Å². The summed E-state index contributed by atoms with van der Waals surface area (Å²) in [6, 6.07) is 10.9. The first-order valence-corrected chi connectivity index (χ1v) is 7.35. The molecule has 1 aliphatic rings. The second-order valence-electron chi connectivity index (χ2n) is 4.25. The lowest BCUT2D eigenvalue weighted by molar-refractivity contribution is -0.115. The highest BCUT2D eigenvalue weighted by Gasteiger charge is 2.23. The lowest BCUT2D eigenvalue weighted by Crippen LogP contribution is -2.19. The minimum atomic E-state index is -0.162. The molecular weight excluding hydrogens is 306 g/mol. The standard InChI is InChI=1S/C15H10ClN3OS/c16-11-4-1-5-12(8-11)18-15-19-14(20)13(21-15)7-10-3-2-6-17-9-10/h1-9H,(H,18,19,20)/b13-7-. The predicted molar refractivity (Wildman–Crippen MR) is 86.5 cm³/mol. The molecule has 0 saturated carbocycles. The zero-order valence-corrected chi connectivity index (χ0v) is 12.4. The van der Waals surface area contributed by atoms with Crippen molar-refractivity contribution in [2.75, 3.05) is 0 Å². The quantitative estimate of drug-likeness (QED) is 0.861. The van der Waals surface area contributed by atoms with Gasteiger partial charge in [-0.3, -0.25) is 9.78 Å². The maximum Gasteiger partial charge on any atom is 0.264 e. The Balaban J connectivity index is 1.83. The Bertz CT molecular complexity index is 744. The highest BCUT2D eigenvalue weighted by molar-refractivity contribution is 8.18. The molecule has 104 valence electrons. The summed E-state index contributed by atoms with van der Waals surface area (Å²) >= 11 is 7.21. The van der Waals surface area contributed by atoms with E-state index < -0.39 is 0 Å². The summed E-state index contributed by atoms with van der Waals surface area (Å²) in [5.74, 6) is -0.162. The van der Waals surface area contributed by atoms with Crippen molar-refractivity contribution in [1.29, 1.82) is 0 Å². The third kappa shape index (κ3) is 3.51. The summed E-state index contributed by atoms with van der Waals surface area (Å²) < 4.78 is 0. The smallest absolute Gasteiger partial charge is 0.264 e. The molecule has 1 aromatic heterocycles. The Morgan fingerprint density at radius 2 is 2.19 bits per heavy atom. The van der Waals surface area contributed by atoms with Crippen LogP contribution in [0.3, 0.4) is 0 Å². The molecule has 1 aromatic carbocycles. The number of halogens is 1. The molecule has 2 heterocycles. The van der Waals surface area contributed by atoms with Gasteiger partial charge >= 0.3 is 0 Å². The first-order chi connectivity index (χ1) is 10.2. The lowest BCUT2D eigenvalue weighted by atomic mass is 10.2. The normalized spacial score (nSPS) is 18.2. The van der Waals surface area contributed by atoms with Crippen LogP contribution in [0.2, 0.25) is 5.02 Å². The van der Waals surface area contributed by atoms with Crippen LogP contribution in [0.1, 0.15) is 5.56 Å². The van der Waals surface area contributed by atoms with Gasteiger partial charge in [0.25, 0.3) is 5.91 Å². The number of pyridine rings is 1. The molecule has 1 N–H and O–H groups in total. The van der Waals surface area contributed by atoms with Crippen LogP contribution < -0.4 is 5.32 Å². The molecule has 1 saturated heterocycles. The summed E-state index contributed by atoms with van der Waals surface area (Å²) in [4.78, 5) is 20.9. The van der Waals surface area contributed by atoms with Gasteiger partial charge in [-0.1, -0.05) is 23.7 Å². The highest BCUT2D eigenvalue weighted by Crippen LogP contribution is 2.28. The monoisotopic (exact) mass is 315 g/mol. The number of amides is 1. The van der Waals surface area contributed by atoms with Gasteiger partial charge < -0.3 is 5.32 Å². The van der Waals surface area contributed by atoms with Crippen molar-refractivity contribution in [3.63, 3.8) is 0 Å². The van der Waals surface area contributed by atoms with Gasteiger partial charge in [-0.05, 0) is 47.7 Å². The molecule has 0 bridgehead atoms. The molecule has 2 aromatic rings. The van der Waals surface area contributed by atoms with Crippen molar-refractivity contribution in [2.24, 2.45) is 4.99 Å². The summed E-state index contributed by atoms with van der Waals surface area (Å²) in [5.41, 5.74) is 1.58. The van der Waals surface area contributed by atoms with E-state index in [1.165, 1.54) is 11.8 Å². The van der Waals surface area contributed by atoms with Crippen molar-refractivity contribution in [3.8, 4) is 0 Å². The molecule has 0 atom stereocenters. The summed E-state index contributed by atoms with van der Waals surface area (Å²) in [7, 11) is 0. The third-order valence-corrected chi connectivity index (χ3v) is 3.82. The highest BCUT2D eigenvalue weighted by atomic mass is 35.5. The van der Waals surface area contributed by atoms with E-state index in [4.69, 9.17) is 11.6 Å². The van der Waals surface area contributed by atoms with Gasteiger partial charge in [-0.25, -0.2) is 4.99 Å². The molecule has 6 heteroatoms. The van der Waals surface area contributed by atoms with Crippen LogP contribution in [0.25, 0.3) is 6.08 Å². The van der Waals surface area contributed by atoms with E-state index in [0.717, 1.165) is 5.56 Å². The van der Waals surface area contributed by atoms with Crippen molar-refractivity contribution in [1.82, 2.24) is 10.3 Å². The molecule has 1 fully saturated rings. The first kappa shape index (κ1) is 13.9. The van der Waals surface area contributed by atoms with Crippen molar-refractivity contribution >= 4 is 46.2 Å². The van der Waals surface area contributed by atoms with E-state index in [2.05, 4.69) is 15.3 Å². The van der Waals surface area contributed by atoms with Crippen molar-refractivity contribution in [2.45, 2.75) is 0 Å². The second-order valence-corrected chi connectivity index (χ2v) is 5.72. The maximum absolute atomic E-state index is 11.9. The van der Waals surface area contributed by atoms with Crippen LogP contribution in [0.15, 0.2) is 58.7 Å². The number of aliphatic imine (C=N–C) groups is 1. The van der Waals surface area contributed by atoms with Gasteiger partial charge in [-0.15, -0.1) is 0 Å². The number of carbonyl (C=O) groups excluding carboxylic acids is 1. The van der Waals surface area contributed by atoms with E-state index in [1.54, 1.807) is 30.6 Å². The van der Waals surface area contributed by atoms with E-state index in [-0.39, 0.29) is 5.91 Å². The molecule has 0 unspecified atom stereocenters. The molecule has 0 radical (unpaired) electrons. The molecule has 4 nitrogen and oxygen atoms in total. The Hall–Kier alpha value is -2.11. The minimum absolute atomic E-state index is 0.162. The number of carbonyl (C=O) groups is 1.